The van der Waals surface area contributed by atoms with E-state index in [2.05, 4.69) is 119 Å². The van der Waals surface area contributed by atoms with Crippen molar-refractivity contribution in [2.75, 3.05) is 0 Å². The van der Waals surface area contributed by atoms with Gasteiger partial charge in [0.05, 0.1) is 22.8 Å². The van der Waals surface area contributed by atoms with E-state index in [1.165, 1.54) is 125 Å². The third-order valence-corrected chi connectivity index (χ3v) is 9.78. The maximum atomic E-state index is 4.67. The molecule has 0 amide bonds. The number of nitrogens with one attached hydrogen (secondary N) is 2. The van der Waals surface area contributed by atoms with Gasteiger partial charge in [-0.15, -0.1) is 0 Å². The molecule has 5 rings (SSSR count). The molecule has 4 heteroatoms. The summed E-state index contributed by atoms with van der Waals surface area (Å²) < 4.78 is 0. The van der Waals surface area contributed by atoms with Gasteiger partial charge in [0.1, 0.15) is 0 Å². The number of unbranched alkanes of at least 4 members (excludes halogenated alkanes) is 14. The van der Waals surface area contributed by atoms with E-state index in [1.807, 2.05) is 0 Å². The van der Waals surface area contributed by atoms with Crippen molar-refractivity contribution in [2.45, 2.75) is 129 Å². The van der Waals surface area contributed by atoms with Gasteiger partial charge in [0, 0.05) is 11.1 Å². The van der Waals surface area contributed by atoms with E-state index in [4.69, 9.17) is 0 Å². The normalized spacial score (nSPS) is 11.4. The number of hydrogen-bond donors (Lipinski definition) is 2. The number of H-pyrrole nitrogens is 2. The van der Waals surface area contributed by atoms with Gasteiger partial charge < -0.3 is 0 Å². The van der Waals surface area contributed by atoms with E-state index in [1.54, 1.807) is 0 Å². The summed E-state index contributed by atoms with van der Waals surface area (Å²) in [6.45, 7) is 4.56. The first kappa shape index (κ1) is 35.4. The zero-order chi connectivity index (χ0) is 33.2. The van der Waals surface area contributed by atoms with Crippen molar-refractivity contribution in [3.8, 4) is 45.0 Å². The van der Waals surface area contributed by atoms with Crippen LogP contribution in [0.2, 0.25) is 0 Å². The van der Waals surface area contributed by atoms with E-state index in [0.717, 1.165) is 46.7 Å². The SMILES string of the molecule is CCCCCCCCCCc1ccc(-c2cc(-c3cccc(-c4cc(-c5ccc(CCCCCCCCCC)cc5)[nH]n4)c3)n[nH]2)cc1. The summed E-state index contributed by atoms with van der Waals surface area (Å²) in [6.07, 6.45) is 24.1. The molecule has 0 atom stereocenters. The van der Waals surface area contributed by atoms with Gasteiger partial charge in [-0.1, -0.05) is 170 Å². The lowest BCUT2D eigenvalue weighted by Crippen LogP contribution is -1.87. The van der Waals surface area contributed by atoms with Crippen LogP contribution in [0.5, 0.6) is 0 Å². The number of rotatable bonds is 22. The van der Waals surface area contributed by atoms with Crippen LogP contribution in [-0.2, 0) is 12.8 Å². The van der Waals surface area contributed by atoms with Gasteiger partial charge in [0.2, 0.25) is 0 Å². The molecule has 48 heavy (non-hydrogen) atoms. The first-order chi connectivity index (χ1) is 23.7. The standard InChI is InChI=1S/C44H58N4/c1-3-5-7-9-11-13-15-17-20-35-24-28-37(29-25-35)41-33-43(47-45-41)39-22-19-23-40(32-39)44-34-42(46-48-44)38-30-26-36(27-31-38)21-18-16-14-12-10-8-6-4-2/h19,22-34H,3-18,20-21H2,1-2H3,(H,45,47)(H,46,48). The van der Waals surface area contributed by atoms with E-state index >= 15 is 0 Å². The summed E-state index contributed by atoms with van der Waals surface area (Å²) >= 11 is 0. The van der Waals surface area contributed by atoms with Crippen LogP contribution in [0.3, 0.4) is 0 Å². The average molecular weight is 643 g/mol. The third kappa shape index (κ3) is 11.1. The van der Waals surface area contributed by atoms with Crippen LogP contribution in [0.1, 0.15) is 128 Å². The number of nitrogens with zero attached hydrogens (tertiary/aromatic N) is 2. The fraction of sp³-hybridized carbons (Fsp3) is 0.455. The highest BCUT2D eigenvalue weighted by atomic mass is 15.1. The maximum absolute atomic E-state index is 4.67. The van der Waals surface area contributed by atoms with Gasteiger partial charge in [0.25, 0.3) is 0 Å². The largest absolute Gasteiger partial charge is 0.277 e. The second-order valence-electron chi connectivity index (χ2n) is 13.8. The Balaban J connectivity index is 1.10. The molecule has 0 radical (unpaired) electrons. The van der Waals surface area contributed by atoms with Gasteiger partial charge in [0.15, 0.2) is 0 Å². The molecule has 2 heterocycles. The molecule has 2 aromatic heterocycles. The number of aryl methyl sites for hydroxylation is 2. The Labute approximate surface area is 290 Å². The van der Waals surface area contributed by atoms with Gasteiger partial charge in [-0.2, -0.15) is 10.2 Å². The Bertz CT molecular complexity index is 1470. The minimum Gasteiger partial charge on any atom is -0.277 e. The fourth-order valence-electron chi connectivity index (χ4n) is 6.70. The first-order valence-corrected chi connectivity index (χ1v) is 19.1. The minimum atomic E-state index is 0.942. The topological polar surface area (TPSA) is 57.4 Å². The molecule has 5 aromatic rings. The molecule has 4 nitrogen and oxygen atoms in total. The number of aromatic nitrogens is 4. The highest BCUT2D eigenvalue weighted by molar-refractivity contribution is 5.74. The van der Waals surface area contributed by atoms with Crippen LogP contribution in [0.4, 0.5) is 0 Å². The summed E-state index contributed by atoms with van der Waals surface area (Å²) in [5.41, 5.74) is 11.3. The summed E-state index contributed by atoms with van der Waals surface area (Å²) in [5, 5.41) is 15.9. The minimum absolute atomic E-state index is 0.942. The smallest absolute Gasteiger partial charge is 0.0927 e. The zero-order valence-corrected chi connectivity index (χ0v) is 29.7. The van der Waals surface area contributed by atoms with Crippen molar-refractivity contribution in [3.63, 3.8) is 0 Å². The molecule has 0 fully saturated rings. The van der Waals surface area contributed by atoms with Crippen LogP contribution in [0.15, 0.2) is 84.9 Å². The van der Waals surface area contributed by atoms with Crippen LogP contribution in [-0.4, -0.2) is 20.4 Å². The molecule has 0 spiro atoms. The molecular weight excluding hydrogens is 585 g/mol. The van der Waals surface area contributed by atoms with Crippen LogP contribution >= 0.6 is 0 Å². The van der Waals surface area contributed by atoms with Crippen molar-refractivity contribution in [1.82, 2.24) is 20.4 Å². The van der Waals surface area contributed by atoms with Crippen LogP contribution in [0, 0.1) is 0 Å². The van der Waals surface area contributed by atoms with Crippen LogP contribution < -0.4 is 0 Å². The molecular formula is C44H58N4. The second kappa shape index (κ2) is 19.8. The van der Waals surface area contributed by atoms with Crippen molar-refractivity contribution in [3.05, 3.63) is 96.1 Å². The Morgan fingerprint density at radius 2 is 0.771 bits per heavy atom. The summed E-state index contributed by atoms with van der Waals surface area (Å²) in [6, 6.07) is 30.8. The Morgan fingerprint density at radius 1 is 0.396 bits per heavy atom. The first-order valence-electron chi connectivity index (χ1n) is 19.1. The van der Waals surface area contributed by atoms with E-state index < -0.39 is 0 Å². The lowest BCUT2D eigenvalue weighted by atomic mass is 10.0. The summed E-state index contributed by atoms with van der Waals surface area (Å²) in [7, 11) is 0. The molecule has 0 bridgehead atoms. The van der Waals surface area contributed by atoms with Crippen LogP contribution in [0.25, 0.3) is 45.0 Å². The molecule has 254 valence electrons. The molecule has 0 aliphatic heterocycles. The molecule has 2 N–H and O–H groups in total. The molecule has 0 aliphatic rings. The van der Waals surface area contributed by atoms with Crippen molar-refractivity contribution >= 4 is 0 Å². The van der Waals surface area contributed by atoms with E-state index in [0.29, 0.717) is 0 Å². The molecule has 0 saturated carbocycles. The van der Waals surface area contributed by atoms with Crippen molar-refractivity contribution in [2.24, 2.45) is 0 Å². The third-order valence-electron chi connectivity index (χ3n) is 9.78. The molecule has 3 aromatic carbocycles. The Morgan fingerprint density at radius 3 is 1.17 bits per heavy atom. The van der Waals surface area contributed by atoms with Gasteiger partial charge in [-0.3, -0.25) is 10.2 Å². The number of hydrogen-bond acceptors (Lipinski definition) is 2. The lowest BCUT2D eigenvalue weighted by Gasteiger charge is -2.04. The maximum Gasteiger partial charge on any atom is 0.0927 e. The lowest BCUT2D eigenvalue weighted by molar-refractivity contribution is 0.575. The number of aromatic amines is 2. The summed E-state index contributed by atoms with van der Waals surface area (Å²) in [5.74, 6) is 0. The van der Waals surface area contributed by atoms with E-state index in [-0.39, 0.29) is 0 Å². The van der Waals surface area contributed by atoms with Gasteiger partial charge >= 0.3 is 0 Å². The highest BCUT2D eigenvalue weighted by Gasteiger charge is 2.11. The Kier molecular flexibility index (Phi) is 14.6. The number of benzene rings is 3. The molecule has 0 aliphatic carbocycles. The fourth-order valence-corrected chi connectivity index (χ4v) is 6.70. The predicted octanol–water partition coefficient (Wildman–Crippen LogP) is 13.2. The van der Waals surface area contributed by atoms with Crippen molar-refractivity contribution < 1.29 is 0 Å². The molecule has 0 saturated heterocycles. The zero-order valence-electron chi connectivity index (χ0n) is 29.7. The quantitative estimate of drug-likeness (QED) is 0.0738. The highest BCUT2D eigenvalue weighted by Crippen LogP contribution is 2.30. The van der Waals surface area contributed by atoms with Gasteiger partial charge in [-0.25, -0.2) is 0 Å². The predicted molar refractivity (Wildman–Crippen MR) is 205 cm³/mol. The van der Waals surface area contributed by atoms with Gasteiger partial charge in [-0.05, 0) is 66.1 Å². The second-order valence-corrected chi connectivity index (χ2v) is 13.8. The molecule has 0 unspecified atom stereocenters. The monoisotopic (exact) mass is 642 g/mol. The van der Waals surface area contributed by atoms with Crippen molar-refractivity contribution in [1.29, 1.82) is 0 Å². The average Bonchev–Trinajstić information content (AvgIpc) is 3.83. The summed E-state index contributed by atoms with van der Waals surface area (Å²) in [4.78, 5) is 0. The van der Waals surface area contributed by atoms with E-state index in [9.17, 15) is 0 Å². The Hall–Kier alpha value is -3.92.